The van der Waals surface area contributed by atoms with Crippen molar-refractivity contribution in [1.82, 2.24) is 9.97 Å². The van der Waals surface area contributed by atoms with Gasteiger partial charge in [0.2, 0.25) is 5.91 Å². The molecular formula is C26H40BN3O3. The quantitative estimate of drug-likeness (QED) is 0.615. The van der Waals surface area contributed by atoms with E-state index in [1.165, 1.54) is 0 Å². The zero-order valence-electron chi connectivity index (χ0n) is 22.0. The largest absolute Gasteiger partial charge is 0.494 e. The summed E-state index contributed by atoms with van der Waals surface area (Å²) in [6.07, 6.45) is 0.723. The summed E-state index contributed by atoms with van der Waals surface area (Å²) in [6.45, 7) is 20.7. The Morgan fingerprint density at radius 1 is 0.909 bits per heavy atom. The topological polar surface area (TPSA) is 64.6 Å². The first kappa shape index (κ1) is 27.0. The molecule has 4 rings (SSSR count). The minimum absolute atomic E-state index is 0.0541. The molecule has 2 saturated heterocycles. The predicted molar refractivity (Wildman–Crippen MR) is 136 cm³/mol. The maximum absolute atomic E-state index is 13.0. The molecule has 1 aromatic carbocycles. The van der Waals surface area contributed by atoms with Crippen LogP contribution in [0.2, 0.25) is 0 Å². The van der Waals surface area contributed by atoms with Gasteiger partial charge in [-0.1, -0.05) is 39.8 Å². The third-order valence-electron chi connectivity index (χ3n) is 6.25. The highest BCUT2D eigenvalue weighted by Crippen LogP contribution is 2.37. The van der Waals surface area contributed by atoms with Gasteiger partial charge >= 0.3 is 7.12 Å². The van der Waals surface area contributed by atoms with Crippen LogP contribution in [0.25, 0.3) is 0 Å². The molecule has 2 aromatic rings. The molecule has 2 aliphatic rings. The smallest absolute Gasteiger partial charge is 0.399 e. The van der Waals surface area contributed by atoms with Gasteiger partial charge in [0, 0.05) is 23.6 Å². The van der Waals surface area contributed by atoms with Crippen LogP contribution in [0.3, 0.4) is 0 Å². The van der Waals surface area contributed by atoms with E-state index in [-0.39, 0.29) is 23.0 Å². The number of carbonyl (C=O) groups is 1. The van der Waals surface area contributed by atoms with Crippen LogP contribution in [0, 0.1) is 13.8 Å². The molecule has 1 aromatic heterocycles. The fourth-order valence-corrected chi connectivity index (χ4v) is 3.88. The second-order valence-electron chi connectivity index (χ2n) is 9.02. The number of carbonyl (C=O) groups excluding carboxylic acids is 1. The van der Waals surface area contributed by atoms with Crippen molar-refractivity contribution in [3.8, 4) is 0 Å². The van der Waals surface area contributed by atoms with Gasteiger partial charge in [-0.2, -0.15) is 0 Å². The third-order valence-corrected chi connectivity index (χ3v) is 6.25. The van der Waals surface area contributed by atoms with E-state index < -0.39 is 7.12 Å². The fraction of sp³-hybridized carbons (Fsp3) is 0.577. The van der Waals surface area contributed by atoms with E-state index in [2.05, 4.69) is 9.97 Å². The van der Waals surface area contributed by atoms with Crippen LogP contribution in [0.15, 0.2) is 30.3 Å². The molecule has 33 heavy (non-hydrogen) atoms. The molecular weight excluding hydrogens is 413 g/mol. The van der Waals surface area contributed by atoms with Gasteiger partial charge in [0.1, 0.15) is 11.7 Å². The summed E-state index contributed by atoms with van der Waals surface area (Å²) in [6, 6.07) is 9.80. The van der Waals surface area contributed by atoms with E-state index in [9.17, 15) is 4.79 Å². The SMILES string of the molecule is CC.CC.Cc1cc(C)nc(C2CCN(c3ccc(B4OC(C)(C)C(C)(C)O4)cc3)C2=O)n1. The first-order valence-corrected chi connectivity index (χ1v) is 12.2. The van der Waals surface area contributed by atoms with E-state index in [0.717, 1.165) is 29.0 Å². The maximum atomic E-state index is 13.0. The van der Waals surface area contributed by atoms with Crippen molar-refractivity contribution in [2.45, 2.75) is 92.8 Å². The van der Waals surface area contributed by atoms with Crippen LogP contribution < -0.4 is 10.4 Å². The third kappa shape index (κ3) is 5.64. The Morgan fingerprint density at radius 3 is 1.88 bits per heavy atom. The molecule has 1 atom stereocenters. The van der Waals surface area contributed by atoms with E-state index in [4.69, 9.17) is 9.31 Å². The number of benzene rings is 1. The Hall–Kier alpha value is -2.25. The molecule has 0 N–H and O–H groups in total. The molecule has 3 heterocycles. The van der Waals surface area contributed by atoms with Crippen molar-refractivity contribution in [2.75, 3.05) is 11.4 Å². The molecule has 6 nitrogen and oxygen atoms in total. The molecule has 0 bridgehead atoms. The molecule has 0 saturated carbocycles. The lowest BCUT2D eigenvalue weighted by Crippen LogP contribution is -2.41. The number of rotatable bonds is 3. The summed E-state index contributed by atoms with van der Waals surface area (Å²) >= 11 is 0. The van der Waals surface area contributed by atoms with Gasteiger partial charge in [0.25, 0.3) is 0 Å². The molecule has 0 radical (unpaired) electrons. The number of aryl methyl sites for hydroxylation is 2. The van der Waals surface area contributed by atoms with Crippen LogP contribution in [-0.4, -0.2) is 40.7 Å². The number of hydrogen-bond donors (Lipinski definition) is 0. The normalized spacial score (nSPS) is 20.7. The lowest BCUT2D eigenvalue weighted by molar-refractivity contribution is -0.118. The average molecular weight is 453 g/mol. The highest BCUT2D eigenvalue weighted by atomic mass is 16.7. The summed E-state index contributed by atoms with van der Waals surface area (Å²) in [5.74, 6) is 0.401. The highest BCUT2D eigenvalue weighted by molar-refractivity contribution is 6.62. The first-order chi connectivity index (χ1) is 15.6. The van der Waals surface area contributed by atoms with Crippen molar-refractivity contribution in [3.05, 3.63) is 47.5 Å². The van der Waals surface area contributed by atoms with Gasteiger partial charge in [-0.05, 0) is 71.6 Å². The molecule has 2 fully saturated rings. The van der Waals surface area contributed by atoms with E-state index in [0.29, 0.717) is 12.4 Å². The van der Waals surface area contributed by atoms with Gasteiger partial charge in [-0.15, -0.1) is 0 Å². The highest BCUT2D eigenvalue weighted by Gasteiger charge is 2.51. The Bertz CT molecular complexity index is 908. The van der Waals surface area contributed by atoms with Crippen molar-refractivity contribution < 1.29 is 14.1 Å². The van der Waals surface area contributed by atoms with Crippen molar-refractivity contribution >= 4 is 24.2 Å². The molecule has 0 aliphatic carbocycles. The zero-order chi connectivity index (χ0) is 25.0. The molecule has 7 heteroatoms. The zero-order valence-corrected chi connectivity index (χ0v) is 22.0. The van der Waals surface area contributed by atoms with Crippen LogP contribution in [0.4, 0.5) is 5.69 Å². The maximum Gasteiger partial charge on any atom is 0.494 e. The van der Waals surface area contributed by atoms with Crippen molar-refractivity contribution in [2.24, 2.45) is 0 Å². The Morgan fingerprint density at radius 2 is 1.39 bits per heavy atom. The molecule has 1 amide bonds. The summed E-state index contributed by atoms with van der Waals surface area (Å²) in [5, 5.41) is 0. The van der Waals surface area contributed by atoms with Gasteiger partial charge in [-0.25, -0.2) is 9.97 Å². The molecule has 180 valence electrons. The van der Waals surface area contributed by atoms with Gasteiger partial charge in [0.05, 0.1) is 11.2 Å². The number of anilines is 1. The first-order valence-electron chi connectivity index (χ1n) is 12.2. The summed E-state index contributed by atoms with van der Waals surface area (Å²) in [5.41, 5.74) is 2.87. The number of aromatic nitrogens is 2. The minimum atomic E-state index is -0.403. The minimum Gasteiger partial charge on any atom is -0.399 e. The van der Waals surface area contributed by atoms with Gasteiger partial charge in [0.15, 0.2) is 0 Å². The average Bonchev–Trinajstić information content (AvgIpc) is 3.26. The number of amides is 1. The van der Waals surface area contributed by atoms with Crippen LogP contribution >= 0.6 is 0 Å². The van der Waals surface area contributed by atoms with Crippen molar-refractivity contribution in [1.29, 1.82) is 0 Å². The number of nitrogens with zero attached hydrogens (tertiary/aromatic N) is 3. The second-order valence-corrected chi connectivity index (χ2v) is 9.02. The van der Waals surface area contributed by atoms with Gasteiger partial charge in [-0.3, -0.25) is 4.79 Å². The standard InChI is InChI=1S/C22H28BN3O3.2C2H6/c1-14-13-15(2)25-19(24-14)18-11-12-26(20(18)27)17-9-7-16(8-10-17)23-28-21(3,4)22(5,6)29-23;2*1-2/h7-10,13,18H,11-12H2,1-6H3;2*1-2H3. The molecule has 1 unspecified atom stereocenters. The second kappa shape index (κ2) is 10.8. The Kier molecular flexibility index (Phi) is 8.83. The molecule has 2 aliphatic heterocycles. The van der Waals surface area contributed by atoms with Crippen molar-refractivity contribution in [3.63, 3.8) is 0 Å². The fourth-order valence-electron chi connectivity index (χ4n) is 3.88. The number of hydrogen-bond acceptors (Lipinski definition) is 5. The van der Waals surface area contributed by atoms with E-state index >= 15 is 0 Å². The van der Waals surface area contributed by atoms with E-state index in [1.807, 2.05) is 104 Å². The van der Waals surface area contributed by atoms with Crippen LogP contribution in [-0.2, 0) is 14.1 Å². The van der Waals surface area contributed by atoms with Gasteiger partial charge < -0.3 is 14.2 Å². The molecule has 0 spiro atoms. The lowest BCUT2D eigenvalue weighted by Gasteiger charge is -2.32. The van der Waals surface area contributed by atoms with Crippen LogP contribution in [0.5, 0.6) is 0 Å². The lowest BCUT2D eigenvalue weighted by atomic mass is 9.79. The Balaban J connectivity index is 0.000000914. The summed E-state index contributed by atoms with van der Waals surface area (Å²) in [4.78, 5) is 23.8. The predicted octanol–water partition coefficient (Wildman–Crippen LogP) is 4.97. The summed E-state index contributed by atoms with van der Waals surface area (Å²) < 4.78 is 12.2. The Labute approximate surface area is 200 Å². The monoisotopic (exact) mass is 453 g/mol. The van der Waals surface area contributed by atoms with Crippen LogP contribution in [0.1, 0.15) is 84.9 Å². The summed E-state index contributed by atoms with van der Waals surface area (Å²) in [7, 11) is -0.403. The van der Waals surface area contributed by atoms with E-state index in [1.54, 1.807) is 0 Å².